The van der Waals surface area contributed by atoms with Crippen molar-refractivity contribution >= 4 is 9.84 Å². The van der Waals surface area contributed by atoms with Crippen LogP contribution in [0.5, 0.6) is 5.75 Å². The monoisotopic (exact) mass is 418 g/mol. The van der Waals surface area contributed by atoms with Crippen LogP contribution in [0.4, 0.5) is 0 Å². The Hall–Kier alpha value is -2.23. The number of rotatable bonds is 5. The minimum Gasteiger partial charge on any atom is -0.497 e. The molecule has 1 aromatic heterocycles. The molecule has 1 aromatic carbocycles. The van der Waals surface area contributed by atoms with Gasteiger partial charge in [0.05, 0.1) is 31.0 Å². The van der Waals surface area contributed by atoms with Gasteiger partial charge in [-0.1, -0.05) is 0 Å². The highest BCUT2D eigenvalue weighted by Gasteiger charge is 2.33. The van der Waals surface area contributed by atoms with Crippen molar-refractivity contribution in [2.24, 2.45) is 0 Å². The van der Waals surface area contributed by atoms with E-state index in [0.29, 0.717) is 12.4 Å². The second kappa shape index (κ2) is 8.25. The first-order valence-corrected chi connectivity index (χ1v) is 11.6. The van der Waals surface area contributed by atoms with E-state index in [4.69, 9.17) is 4.74 Å². The Bertz CT molecular complexity index is 1010. The summed E-state index contributed by atoms with van der Waals surface area (Å²) in [5.74, 6) is 1.35. The van der Waals surface area contributed by atoms with E-state index in [0.717, 1.165) is 49.6 Å². The van der Waals surface area contributed by atoms with Gasteiger partial charge in [-0.15, -0.1) is 0 Å². The molecule has 1 atom stereocenters. The summed E-state index contributed by atoms with van der Waals surface area (Å²) < 4.78 is 30.1. The quantitative estimate of drug-likeness (QED) is 0.706. The number of aromatic nitrogens is 2. The summed E-state index contributed by atoms with van der Waals surface area (Å²) in [6, 6.07) is 11.0. The lowest BCUT2D eigenvalue weighted by molar-refractivity contribution is 0.0800. The molecular weight excluding hydrogens is 392 g/mol. The average Bonchev–Trinajstić information content (AvgIpc) is 3.10. The van der Waals surface area contributed by atoms with Crippen molar-refractivity contribution in [3.63, 3.8) is 0 Å². The van der Waals surface area contributed by atoms with Gasteiger partial charge in [-0.2, -0.15) is 5.10 Å². The fraction of sp³-hybridized carbons (Fsp3) is 0.500. The minimum atomic E-state index is -2.87. The van der Waals surface area contributed by atoms with Crippen LogP contribution < -0.4 is 10.3 Å². The molecule has 4 rings (SSSR count). The lowest BCUT2D eigenvalue weighted by Gasteiger charge is -2.37. The summed E-state index contributed by atoms with van der Waals surface area (Å²) in [5.41, 5.74) is 1.53. The zero-order chi connectivity index (χ0) is 20.4. The average molecular weight is 419 g/mol. The lowest BCUT2D eigenvalue weighted by Crippen LogP contribution is -2.51. The molecular formula is C20H26N4O4S. The molecule has 0 radical (unpaired) electrons. The highest BCUT2D eigenvalue weighted by Crippen LogP contribution is 2.21. The zero-order valence-corrected chi connectivity index (χ0v) is 17.3. The number of piperazine rings is 1. The van der Waals surface area contributed by atoms with Crippen LogP contribution in [0.1, 0.15) is 6.42 Å². The van der Waals surface area contributed by atoms with Crippen LogP contribution in [0.3, 0.4) is 0 Å². The molecule has 9 heteroatoms. The van der Waals surface area contributed by atoms with Crippen LogP contribution in [-0.4, -0.2) is 78.8 Å². The fourth-order valence-electron chi connectivity index (χ4n) is 3.99. The standard InChI is InChI=1S/C20H26N4O4S/c1-28-18-4-2-16(3-5-18)19-6-7-20(25)24(21-19)15-22-9-11-23(12-10-22)17-8-13-29(26,27)14-17/h2-7,17H,8-15H2,1H3/t17-/m1/s1. The summed E-state index contributed by atoms with van der Waals surface area (Å²) in [6.07, 6.45) is 0.729. The molecule has 0 spiro atoms. The third kappa shape index (κ3) is 4.68. The van der Waals surface area contributed by atoms with Gasteiger partial charge in [-0.25, -0.2) is 13.1 Å². The number of sulfone groups is 1. The van der Waals surface area contributed by atoms with Gasteiger partial charge in [-0.3, -0.25) is 14.6 Å². The van der Waals surface area contributed by atoms with Crippen LogP contribution in [-0.2, 0) is 16.5 Å². The number of hydrogen-bond acceptors (Lipinski definition) is 7. The topological polar surface area (TPSA) is 84.7 Å². The summed E-state index contributed by atoms with van der Waals surface area (Å²) in [5, 5.41) is 4.54. The lowest BCUT2D eigenvalue weighted by atomic mass is 10.1. The molecule has 0 amide bonds. The Morgan fingerprint density at radius 2 is 1.79 bits per heavy atom. The first-order chi connectivity index (χ1) is 13.9. The molecule has 0 N–H and O–H groups in total. The fourth-order valence-corrected chi connectivity index (χ4v) is 5.75. The summed E-state index contributed by atoms with van der Waals surface area (Å²) in [6.45, 7) is 3.63. The molecule has 8 nitrogen and oxygen atoms in total. The van der Waals surface area contributed by atoms with Crippen LogP contribution in [0.25, 0.3) is 11.3 Å². The Labute approximate surface area is 170 Å². The molecule has 2 aliphatic rings. The van der Waals surface area contributed by atoms with Gasteiger partial charge >= 0.3 is 0 Å². The Morgan fingerprint density at radius 1 is 1.07 bits per heavy atom. The number of hydrogen-bond donors (Lipinski definition) is 0. The summed E-state index contributed by atoms with van der Waals surface area (Å²) >= 11 is 0. The molecule has 2 fully saturated rings. The molecule has 2 aliphatic heterocycles. The normalized spacial score (nSPS) is 22.6. The third-order valence-corrected chi connectivity index (χ3v) is 7.47. The highest BCUT2D eigenvalue weighted by atomic mass is 32.2. The number of ether oxygens (including phenoxy) is 1. The Morgan fingerprint density at radius 3 is 2.41 bits per heavy atom. The van der Waals surface area contributed by atoms with Gasteiger partial charge in [0.25, 0.3) is 5.56 Å². The zero-order valence-electron chi connectivity index (χ0n) is 16.5. The molecule has 29 heavy (non-hydrogen) atoms. The van der Waals surface area contributed by atoms with Crippen LogP contribution in [0.15, 0.2) is 41.2 Å². The van der Waals surface area contributed by atoms with Crippen molar-refractivity contribution in [1.82, 2.24) is 19.6 Å². The Kier molecular flexibility index (Phi) is 5.71. The minimum absolute atomic E-state index is 0.133. The van der Waals surface area contributed by atoms with Crippen molar-refractivity contribution < 1.29 is 13.2 Å². The molecule has 0 aliphatic carbocycles. The van der Waals surface area contributed by atoms with E-state index in [1.165, 1.54) is 4.68 Å². The van der Waals surface area contributed by atoms with Crippen molar-refractivity contribution in [3.8, 4) is 17.0 Å². The number of methoxy groups -OCH3 is 1. The second-order valence-electron chi connectivity index (χ2n) is 7.64. The number of benzene rings is 1. The van der Waals surface area contributed by atoms with E-state index in [1.54, 1.807) is 19.2 Å². The van der Waals surface area contributed by atoms with Crippen molar-refractivity contribution in [3.05, 3.63) is 46.8 Å². The maximum Gasteiger partial charge on any atom is 0.268 e. The van der Waals surface area contributed by atoms with E-state index in [2.05, 4.69) is 14.9 Å². The maximum atomic E-state index is 12.3. The maximum absolute atomic E-state index is 12.3. The van der Waals surface area contributed by atoms with Crippen LogP contribution in [0.2, 0.25) is 0 Å². The van der Waals surface area contributed by atoms with E-state index in [-0.39, 0.29) is 17.4 Å². The molecule has 0 saturated carbocycles. The van der Waals surface area contributed by atoms with Gasteiger partial charge in [0.15, 0.2) is 9.84 Å². The van der Waals surface area contributed by atoms with E-state index < -0.39 is 9.84 Å². The predicted molar refractivity (Wildman–Crippen MR) is 111 cm³/mol. The summed E-state index contributed by atoms with van der Waals surface area (Å²) in [4.78, 5) is 16.8. The third-order valence-electron chi connectivity index (χ3n) is 5.72. The SMILES string of the molecule is COc1ccc(-c2ccc(=O)n(CN3CCN([C@@H]4CCS(=O)(=O)C4)CC3)n2)cc1. The van der Waals surface area contributed by atoms with Gasteiger partial charge in [-0.05, 0) is 36.8 Å². The first kappa shape index (κ1) is 20.1. The summed E-state index contributed by atoms with van der Waals surface area (Å²) in [7, 11) is -1.24. The molecule has 156 valence electrons. The largest absolute Gasteiger partial charge is 0.497 e. The Balaban J connectivity index is 1.40. The molecule has 0 bridgehead atoms. The van der Waals surface area contributed by atoms with Crippen molar-refractivity contribution in [1.29, 1.82) is 0 Å². The molecule has 3 heterocycles. The van der Waals surface area contributed by atoms with E-state index in [1.807, 2.05) is 24.3 Å². The van der Waals surface area contributed by atoms with Gasteiger partial charge in [0.2, 0.25) is 0 Å². The molecule has 2 aromatic rings. The van der Waals surface area contributed by atoms with Crippen LogP contribution in [0, 0.1) is 0 Å². The van der Waals surface area contributed by atoms with E-state index in [9.17, 15) is 13.2 Å². The van der Waals surface area contributed by atoms with Crippen molar-refractivity contribution in [2.75, 3.05) is 44.8 Å². The predicted octanol–water partition coefficient (Wildman–Crippen LogP) is 0.681. The van der Waals surface area contributed by atoms with Gasteiger partial charge in [0.1, 0.15) is 5.75 Å². The van der Waals surface area contributed by atoms with Crippen LogP contribution >= 0.6 is 0 Å². The van der Waals surface area contributed by atoms with Gasteiger partial charge in [0, 0.05) is 43.9 Å². The first-order valence-electron chi connectivity index (χ1n) is 9.83. The molecule has 2 saturated heterocycles. The van der Waals surface area contributed by atoms with E-state index >= 15 is 0 Å². The second-order valence-corrected chi connectivity index (χ2v) is 9.87. The highest BCUT2D eigenvalue weighted by molar-refractivity contribution is 7.91. The number of nitrogens with zero attached hydrogens (tertiary/aromatic N) is 4. The van der Waals surface area contributed by atoms with Gasteiger partial charge < -0.3 is 4.74 Å². The smallest absolute Gasteiger partial charge is 0.268 e. The van der Waals surface area contributed by atoms with Crippen molar-refractivity contribution in [2.45, 2.75) is 19.1 Å². The molecule has 0 unspecified atom stereocenters.